The van der Waals surface area contributed by atoms with Gasteiger partial charge in [0.2, 0.25) is 15.9 Å². The van der Waals surface area contributed by atoms with Gasteiger partial charge < -0.3 is 9.64 Å². The maximum Gasteiger partial charge on any atom is 0.243 e. The fourth-order valence-corrected chi connectivity index (χ4v) is 7.07. The zero-order valence-electron chi connectivity index (χ0n) is 20.3. The van der Waals surface area contributed by atoms with Gasteiger partial charge in [-0.05, 0) is 80.5 Å². The van der Waals surface area contributed by atoms with Crippen LogP contribution in [0.5, 0.6) is 0 Å². The molecular formula is C26H33FN2O4S. The molecule has 1 amide bonds. The highest BCUT2D eigenvalue weighted by Crippen LogP contribution is 2.32. The van der Waals surface area contributed by atoms with E-state index in [-0.39, 0.29) is 23.7 Å². The van der Waals surface area contributed by atoms with Crippen molar-refractivity contribution in [1.82, 2.24) is 9.21 Å². The van der Waals surface area contributed by atoms with Crippen molar-refractivity contribution in [2.75, 3.05) is 32.8 Å². The van der Waals surface area contributed by atoms with E-state index in [0.717, 1.165) is 27.8 Å². The first-order valence-corrected chi connectivity index (χ1v) is 13.3. The van der Waals surface area contributed by atoms with E-state index in [2.05, 4.69) is 0 Å². The Kier molecular flexibility index (Phi) is 7.12. The molecule has 0 radical (unpaired) electrons. The molecule has 4 rings (SSSR count). The molecule has 0 bridgehead atoms. The van der Waals surface area contributed by atoms with Gasteiger partial charge in [-0.2, -0.15) is 4.31 Å². The van der Waals surface area contributed by atoms with Crippen LogP contribution in [-0.2, 0) is 19.6 Å². The van der Waals surface area contributed by atoms with Crippen molar-refractivity contribution >= 4 is 15.9 Å². The van der Waals surface area contributed by atoms with Crippen LogP contribution >= 0.6 is 0 Å². The Morgan fingerprint density at radius 1 is 0.971 bits per heavy atom. The van der Waals surface area contributed by atoms with Gasteiger partial charge in [-0.25, -0.2) is 12.8 Å². The van der Waals surface area contributed by atoms with E-state index in [4.69, 9.17) is 4.74 Å². The minimum absolute atomic E-state index is 0.0474. The van der Waals surface area contributed by atoms with Gasteiger partial charge in [-0.1, -0.05) is 18.2 Å². The number of hydrogen-bond donors (Lipinski definition) is 0. The van der Waals surface area contributed by atoms with E-state index in [1.807, 2.05) is 38.7 Å². The van der Waals surface area contributed by atoms with Gasteiger partial charge in [0, 0.05) is 25.6 Å². The van der Waals surface area contributed by atoms with E-state index in [9.17, 15) is 17.6 Å². The topological polar surface area (TPSA) is 66.9 Å². The van der Waals surface area contributed by atoms with Gasteiger partial charge in [0.05, 0.1) is 18.0 Å². The molecule has 2 aromatic carbocycles. The molecule has 0 aliphatic carbocycles. The monoisotopic (exact) mass is 488 g/mol. The van der Waals surface area contributed by atoms with E-state index < -0.39 is 10.0 Å². The lowest BCUT2D eigenvalue weighted by Crippen LogP contribution is -2.48. The fourth-order valence-electron chi connectivity index (χ4n) is 5.03. The van der Waals surface area contributed by atoms with Gasteiger partial charge in [-0.3, -0.25) is 4.79 Å². The van der Waals surface area contributed by atoms with E-state index in [1.165, 1.54) is 16.4 Å². The fraction of sp³-hybridized carbons (Fsp3) is 0.500. The van der Waals surface area contributed by atoms with Crippen molar-refractivity contribution in [3.05, 3.63) is 64.0 Å². The summed E-state index contributed by atoms with van der Waals surface area (Å²) >= 11 is 0. The third kappa shape index (κ3) is 4.76. The van der Waals surface area contributed by atoms with Gasteiger partial charge in [0.1, 0.15) is 11.9 Å². The van der Waals surface area contributed by atoms with Crippen LogP contribution < -0.4 is 0 Å². The van der Waals surface area contributed by atoms with Crippen LogP contribution in [0.15, 0.2) is 35.2 Å². The third-order valence-electron chi connectivity index (χ3n) is 7.32. The largest absolute Gasteiger partial charge is 0.370 e. The number of piperidine rings is 1. The van der Waals surface area contributed by atoms with E-state index in [1.54, 1.807) is 12.1 Å². The molecule has 2 aromatic rings. The number of aryl methyl sites for hydroxylation is 2. The molecule has 34 heavy (non-hydrogen) atoms. The summed E-state index contributed by atoms with van der Waals surface area (Å²) in [5.41, 5.74) is 4.37. The second kappa shape index (κ2) is 9.76. The number of ether oxygens (including phenoxy) is 1. The summed E-state index contributed by atoms with van der Waals surface area (Å²) in [5, 5.41) is 0. The lowest BCUT2D eigenvalue weighted by atomic mass is 9.96. The van der Waals surface area contributed by atoms with Crippen LogP contribution in [0.1, 0.15) is 46.8 Å². The summed E-state index contributed by atoms with van der Waals surface area (Å²) in [5.74, 6) is -0.466. The van der Waals surface area contributed by atoms with Crippen LogP contribution in [0.25, 0.3) is 0 Å². The molecular weight excluding hydrogens is 455 g/mol. The summed E-state index contributed by atoms with van der Waals surface area (Å²) in [6, 6.07) is 8.20. The molecule has 1 unspecified atom stereocenters. The lowest BCUT2D eigenvalue weighted by Gasteiger charge is -2.38. The van der Waals surface area contributed by atoms with Crippen molar-refractivity contribution in [2.24, 2.45) is 5.92 Å². The Morgan fingerprint density at radius 2 is 1.56 bits per heavy atom. The molecule has 2 heterocycles. The first-order chi connectivity index (χ1) is 16.1. The number of carbonyl (C=O) groups excluding carboxylic acids is 1. The molecule has 6 nitrogen and oxygen atoms in total. The Labute approximate surface area is 201 Å². The van der Waals surface area contributed by atoms with Crippen molar-refractivity contribution in [2.45, 2.75) is 51.5 Å². The Morgan fingerprint density at radius 3 is 2.15 bits per heavy atom. The maximum atomic E-state index is 13.5. The van der Waals surface area contributed by atoms with Crippen molar-refractivity contribution < 1.29 is 22.3 Å². The quantitative estimate of drug-likeness (QED) is 0.651. The summed E-state index contributed by atoms with van der Waals surface area (Å²) < 4.78 is 47.7. The SMILES string of the molecule is Cc1cc(C)c(C)c(S(=O)(=O)N2CCC(C(=O)N3CCOC(c4ccc(F)cc4)C3)CC2)c1C. The Bertz CT molecular complexity index is 1150. The highest BCUT2D eigenvalue weighted by molar-refractivity contribution is 7.89. The average molecular weight is 489 g/mol. The Hall–Kier alpha value is -2.29. The van der Waals surface area contributed by atoms with Crippen molar-refractivity contribution in [3.63, 3.8) is 0 Å². The van der Waals surface area contributed by atoms with Crippen LogP contribution in [0.3, 0.4) is 0 Å². The average Bonchev–Trinajstić information content (AvgIpc) is 2.83. The molecule has 0 N–H and O–H groups in total. The molecule has 0 aromatic heterocycles. The molecule has 0 spiro atoms. The standard InChI is InChI=1S/C26H33FN2O4S/c1-17-15-18(2)20(4)25(19(17)3)34(31,32)29-11-9-22(10-12-29)26(30)28-13-14-33-24(16-28)21-5-7-23(27)8-6-21/h5-8,15,22,24H,9-14,16H2,1-4H3. The van der Waals surface area contributed by atoms with Crippen LogP contribution in [0.2, 0.25) is 0 Å². The first-order valence-electron chi connectivity index (χ1n) is 11.8. The number of amides is 1. The predicted molar refractivity (Wildman–Crippen MR) is 129 cm³/mol. The van der Waals surface area contributed by atoms with E-state index >= 15 is 0 Å². The summed E-state index contributed by atoms with van der Waals surface area (Å²) in [6.07, 6.45) is 0.716. The van der Waals surface area contributed by atoms with Gasteiger partial charge in [0.25, 0.3) is 0 Å². The van der Waals surface area contributed by atoms with E-state index in [0.29, 0.717) is 50.5 Å². The molecule has 2 fully saturated rings. The molecule has 184 valence electrons. The minimum atomic E-state index is -3.63. The molecule has 2 aliphatic heterocycles. The number of carbonyl (C=O) groups is 1. The van der Waals surface area contributed by atoms with Crippen LogP contribution in [-0.4, -0.2) is 56.3 Å². The highest BCUT2D eigenvalue weighted by atomic mass is 32.2. The normalized spacial score (nSPS) is 20.5. The highest BCUT2D eigenvalue weighted by Gasteiger charge is 2.36. The summed E-state index contributed by atoms with van der Waals surface area (Å²) in [6.45, 7) is 9.61. The van der Waals surface area contributed by atoms with Gasteiger partial charge >= 0.3 is 0 Å². The number of halogens is 1. The van der Waals surface area contributed by atoms with Crippen LogP contribution in [0, 0.1) is 39.4 Å². The summed E-state index contributed by atoms with van der Waals surface area (Å²) in [4.78, 5) is 15.5. The predicted octanol–water partition coefficient (Wildman–Crippen LogP) is 4.06. The van der Waals surface area contributed by atoms with Crippen molar-refractivity contribution in [3.8, 4) is 0 Å². The second-order valence-corrected chi connectivity index (χ2v) is 11.3. The number of nitrogens with zero attached hydrogens (tertiary/aromatic N) is 2. The molecule has 8 heteroatoms. The molecule has 2 aliphatic rings. The third-order valence-corrected chi connectivity index (χ3v) is 9.49. The zero-order valence-corrected chi connectivity index (χ0v) is 21.1. The molecule has 2 saturated heterocycles. The van der Waals surface area contributed by atoms with Gasteiger partial charge in [-0.15, -0.1) is 0 Å². The number of hydrogen-bond acceptors (Lipinski definition) is 4. The smallest absolute Gasteiger partial charge is 0.243 e. The second-order valence-electron chi connectivity index (χ2n) is 9.46. The van der Waals surface area contributed by atoms with Crippen LogP contribution in [0.4, 0.5) is 4.39 Å². The number of sulfonamides is 1. The maximum absolute atomic E-state index is 13.5. The number of benzene rings is 2. The number of rotatable bonds is 4. The molecule has 1 atom stereocenters. The van der Waals surface area contributed by atoms with Crippen molar-refractivity contribution in [1.29, 1.82) is 0 Å². The summed E-state index contributed by atoms with van der Waals surface area (Å²) in [7, 11) is -3.63. The lowest BCUT2D eigenvalue weighted by molar-refractivity contribution is -0.144. The minimum Gasteiger partial charge on any atom is -0.370 e. The first kappa shape index (κ1) is 24.8. The Balaban J connectivity index is 1.43. The van der Waals surface area contributed by atoms with Gasteiger partial charge in [0.15, 0.2) is 0 Å². The zero-order chi connectivity index (χ0) is 24.6. The molecule has 0 saturated carbocycles. The number of morpholine rings is 1.